The molecule has 1 saturated carbocycles. The Morgan fingerprint density at radius 3 is 2.61 bits per heavy atom. The van der Waals surface area contributed by atoms with Gasteiger partial charge in [-0.15, -0.1) is 0 Å². The van der Waals surface area contributed by atoms with Gasteiger partial charge in [0.1, 0.15) is 0 Å². The number of nitrogens with zero attached hydrogens (tertiary/aromatic N) is 1. The van der Waals surface area contributed by atoms with Crippen molar-refractivity contribution in [2.24, 2.45) is 11.7 Å². The number of nitrogens with two attached hydrogens (primary N) is 1. The third kappa shape index (κ3) is 2.69. The first-order valence-corrected chi connectivity index (χ1v) is 6.10. The van der Waals surface area contributed by atoms with Crippen molar-refractivity contribution in [3.8, 4) is 6.07 Å². The van der Waals surface area contributed by atoms with E-state index in [2.05, 4.69) is 11.4 Å². The first kappa shape index (κ1) is 12.6. The van der Waals surface area contributed by atoms with E-state index in [1.165, 1.54) is 0 Å². The molecule has 1 aromatic rings. The van der Waals surface area contributed by atoms with Crippen molar-refractivity contribution in [1.82, 2.24) is 5.32 Å². The lowest BCUT2D eigenvalue weighted by atomic mass is 9.96. The SMILES string of the molecule is CC(N)(C(=O)NCc1ccc(C#N)cc1)C1CC1. The molecule has 0 aromatic heterocycles. The highest BCUT2D eigenvalue weighted by Crippen LogP contribution is 2.38. The topological polar surface area (TPSA) is 78.9 Å². The normalized spacial score (nSPS) is 17.6. The van der Waals surface area contributed by atoms with Gasteiger partial charge in [-0.3, -0.25) is 4.79 Å². The Labute approximate surface area is 107 Å². The largest absolute Gasteiger partial charge is 0.350 e. The number of carbonyl (C=O) groups excluding carboxylic acids is 1. The number of nitrogens with one attached hydrogen (secondary N) is 1. The fraction of sp³-hybridized carbons (Fsp3) is 0.429. The van der Waals surface area contributed by atoms with Crippen molar-refractivity contribution in [2.45, 2.75) is 31.8 Å². The maximum Gasteiger partial charge on any atom is 0.240 e. The summed E-state index contributed by atoms with van der Waals surface area (Å²) in [5.41, 5.74) is 6.85. The summed E-state index contributed by atoms with van der Waals surface area (Å²) < 4.78 is 0. The van der Waals surface area contributed by atoms with Crippen LogP contribution in [0.15, 0.2) is 24.3 Å². The Morgan fingerprint density at radius 2 is 2.11 bits per heavy atom. The first-order chi connectivity index (χ1) is 8.54. The zero-order chi connectivity index (χ0) is 13.2. The van der Waals surface area contributed by atoms with Crippen LogP contribution >= 0.6 is 0 Å². The van der Waals surface area contributed by atoms with Gasteiger partial charge in [0.05, 0.1) is 17.2 Å². The molecule has 4 nitrogen and oxygen atoms in total. The molecule has 0 bridgehead atoms. The number of amides is 1. The van der Waals surface area contributed by atoms with Gasteiger partial charge >= 0.3 is 0 Å². The molecule has 0 radical (unpaired) electrons. The number of nitriles is 1. The van der Waals surface area contributed by atoms with E-state index >= 15 is 0 Å². The second kappa shape index (κ2) is 4.79. The quantitative estimate of drug-likeness (QED) is 0.836. The minimum Gasteiger partial charge on any atom is -0.350 e. The van der Waals surface area contributed by atoms with Crippen LogP contribution in [-0.4, -0.2) is 11.4 Å². The second-order valence-corrected chi connectivity index (χ2v) is 5.05. The molecule has 18 heavy (non-hydrogen) atoms. The predicted octanol–water partition coefficient (Wildman–Crippen LogP) is 1.30. The molecule has 1 aliphatic carbocycles. The summed E-state index contributed by atoms with van der Waals surface area (Å²) in [6.07, 6.45) is 2.08. The van der Waals surface area contributed by atoms with Crippen LogP contribution in [0.1, 0.15) is 30.9 Å². The van der Waals surface area contributed by atoms with E-state index in [4.69, 9.17) is 11.0 Å². The van der Waals surface area contributed by atoms with Crippen molar-refractivity contribution in [2.75, 3.05) is 0 Å². The van der Waals surface area contributed by atoms with Crippen molar-refractivity contribution < 1.29 is 4.79 Å². The molecule has 0 spiro atoms. The lowest BCUT2D eigenvalue weighted by Crippen LogP contribution is -2.53. The number of hydrogen-bond acceptors (Lipinski definition) is 3. The standard InChI is InChI=1S/C14H17N3O/c1-14(16,12-6-7-12)13(18)17-9-11-4-2-10(8-15)3-5-11/h2-5,12H,6-7,9,16H2,1H3,(H,17,18). The van der Waals surface area contributed by atoms with E-state index in [1.807, 2.05) is 12.1 Å². The van der Waals surface area contributed by atoms with E-state index in [0.29, 0.717) is 18.0 Å². The zero-order valence-electron chi connectivity index (χ0n) is 10.4. The molecule has 1 aliphatic rings. The Kier molecular flexibility index (Phi) is 3.35. The van der Waals surface area contributed by atoms with Gasteiger partial charge in [0.25, 0.3) is 0 Å². The van der Waals surface area contributed by atoms with Gasteiger partial charge in [0, 0.05) is 6.54 Å². The van der Waals surface area contributed by atoms with Crippen molar-refractivity contribution >= 4 is 5.91 Å². The maximum absolute atomic E-state index is 12.0. The summed E-state index contributed by atoms with van der Waals surface area (Å²) in [4.78, 5) is 12.0. The zero-order valence-corrected chi connectivity index (χ0v) is 10.4. The average Bonchev–Trinajstić information content (AvgIpc) is 3.21. The van der Waals surface area contributed by atoms with Gasteiger partial charge in [-0.2, -0.15) is 5.26 Å². The van der Waals surface area contributed by atoms with Crippen LogP contribution in [0.3, 0.4) is 0 Å². The average molecular weight is 243 g/mol. The van der Waals surface area contributed by atoms with E-state index in [0.717, 1.165) is 18.4 Å². The molecule has 1 aromatic carbocycles. The summed E-state index contributed by atoms with van der Waals surface area (Å²) in [5.74, 6) is 0.216. The summed E-state index contributed by atoms with van der Waals surface area (Å²) in [5, 5.41) is 11.5. The molecule has 0 heterocycles. The fourth-order valence-corrected chi connectivity index (χ4v) is 1.94. The van der Waals surface area contributed by atoms with E-state index < -0.39 is 5.54 Å². The molecule has 1 unspecified atom stereocenters. The smallest absolute Gasteiger partial charge is 0.240 e. The Hall–Kier alpha value is -1.86. The van der Waals surface area contributed by atoms with Crippen LogP contribution in [0.2, 0.25) is 0 Å². The lowest BCUT2D eigenvalue weighted by molar-refractivity contribution is -0.126. The number of hydrogen-bond donors (Lipinski definition) is 2. The van der Waals surface area contributed by atoms with Gasteiger partial charge in [0.2, 0.25) is 5.91 Å². The summed E-state index contributed by atoms with van der Waals surface area (Å²) in [7, 11) is 0. The maximum atomic E-state index is 12.0. The van der Waals surface area contributed by atoms with Crippen LogP contribution in [0.5, 0.6) is 0 Å². The summed E-state index contributed by atoms with van der Waals surface area (Å²) in [6.45, 7) is 2.24. The van der Waals surface area contributed by atoms with Crippen LogP contribution in [0.4, 0.5) is 0 Å². The first-order valence-electron chi connectivity index (χ1n) is 6.10. The highest BCUT2D eigenvalue weighted by atomic mass is 16.2. The molecule has 1 fully saturated rings. The molecule has 4 heteroatoms. The number of rotatable bonds is 4. The molecule has 1 atom stereocenters. The summed E-state index contributed by atoms with van der Waals surface area (Å²) in [6, 6.07) is 9.21. The Bertz CT molecular complexity index is 481. The highest BCUT2D eigenvalue weighted by molar-refractivity contribution is 5.86. The molecule has 94 valence electrons. The van der Waals surface area contributed by atoms with Gasteiger partial charge in [0.15, 0.2) is 0 Å². The van der Waals surface area contributed by atoms with Crippen LogP contribution in [0, 0.1) is 17.2 Å². The molecule has 1 amide bonds. The predicted molar refractivity (Wildman–Crippen MR) is 68.3 cm³/mol. The molecule has 3 N–H and O–H groups in total. The van der Waals surface area contributed by atoms with Crippen LogP contribution in [-0.2, 0) is 11.3 Å². The highest BCUT2D eigenvalue weighted by Gasteiger charge is 2.43. The number of carbonyl (C=O) groups is 1. The van der Waals surface area contributed by atoms with E-state index in [1.54, 1.807) is 19.1 Å². The van der Waals surface area contributed by atoms with Gasteiger partial charge in [-0.1, -0.05) is 12.1 Å². The summed E-state index contributed by atoms with van der Waals surface area (Å²) >= 11 is 0. The molecule has 0 saturated heterocycles. The second-order valence-electron chi connectivity index (χ2n) is 5.05. The number of benzene rings is 1. The molecular formula is C14H17N3O. The monoisotopic (exact) mass is 243 g/mol. The van der Waals surface area contributed by atoms with Crippen molar-refractivity contribution in [1.29, 1.82) is 5.26 Å². The van der Waals surface area contributed by atoms with Crippen LogP contribution < -0.4 is 11.1 Å². The minimum absolute atomic E-state index is 0.102. The third-order valence-electron chi connectivity index (χ3n) is 3.45. The Morgan fingerprint density at radius 1 is 1.50 bits per heavy atom. The van der Waals surface area contributed by atoms with Crippen molar-refractivity contribution in [3.63, 3.8) is 0 Å². The third-order valence-corrected chi connectivity index (χ3v) is 3.45. The lowest BCUT2D eigenvalue weighted by Gasteiger charge is -2.23. The molecular weight excluding hydrogens is 226 g/mol. The van der Waals surface area contributed by atoms with E-state index in [9.17, 15) is 4.79 Å². The van der Waals surface area contributed by atoms with Gasteiger partial charge in [-0.05, 0) is 43.4 Å². The van der Waals surface area contributed by atoms with Gasteiger partial charge in [-0.25, -0.2) is 0 Å². The van der Waals surface area contributed by atoms with Crippen molar-refractivity contribution in [3.05, 3.63) is 35.4 Å². The Balaban J connectivity index is 1.91. The van der Waals surface area contributed by atoms with E-state index in [-0.39, 0.29) is 5.91 Å². The fourth-order valence-electron chi connectivity index (χ4n) is 1.94. The minimum atomic E-state index is -0.757. The molecule has 0 aliphatic heterocycles. The van der Waals surface area contributed by atoms with Gasteiger partial charge < -0.3 is 11.1 Å². The molecule has 2 rings (SSSR count). The van der Waals surface area contributed by atoms with Crippen LogP contribution in [0.25, 0.3) is 0 Å².